The van der Waals surface area contributed by atoms with E-state index in [1.54, 1.807) is 0 Å². The van der Waals surface area contributed by atoms with Crippen LogP contribution in [0.5, 0.6) is 0 Å². The molecule has 0 saturated carbocycles. The van der Waals surface area contributed by atoms with E-state index >= 15 is 0 Å². The molecule has 0 heterocycles. The first-order valence-electron chi connectivity index (χ1n) is 6.43. The fourth-order valence-electron chi connectivity index (χ4n) is 1.66. The van der Waals surface area contributed by atoms with Crippen molar-refractivity contribution >= 4 is 21.6 Å². The molecule has 0 radical (unpaired) electrons. The number of hydrogen-bond donors (Lipinski definition) is 1. The Labute approximate surface area is 128 Å². The molecule has 0 aromatic heterocycles. The van der Waals surface area contributed by atoms with E-state index in [-0.39, 0.29) is 31.8 Å². The third-order valence-electron chi connectivity index (χ3n) is 2.81. The zero-order valence-electron chi connectivity index (χ0n) is 12.3. The van der Waals surface area contributed by atoms with Gasteiger partial charge in [-0.15, -0.1) is 0 Å². The summed E-state index contributed by atoms with van der Waals surface area (Å²) in [5.41, 5.74) is 0.103. The average Bonchev–Trinajstić information content (AvgIpc) is 2.41. The molecule has 124 valence electrons. The van der Waals surface area contributed by atoms with Crippen LogP contribution in [-0.2, 0) is 19.6 Å². The summed E-state index contributed by atoms with van der Waals surface area (Å²) in [5.74, 6) is -2.59. The van der Waals surface area contributed by atoms with E-state index in [4.69, 9.17) is 4.74 Å². The first kappa shape index (κ1) is 18.5. The smallest absolute Gasteiger partial charge is 0.225 e. The molecule has 1 N–H and O–H groups in total. The van der Waals surface area contributed by atoms with Gasteiger partial charge in [-0.3, -0.25) is 4.79 Å². The van der Waals surface area contributed by atoms with Crippen LogP contribution in [0.4, 0.5) is 14.5 Å². The van der Waals surface area contributed by atoms with Gasteiger partial charge in [0.15, 0.2) is 11.6 Å². The Kier molecular flexibility index (Phi) is 6.85. The van der Waals surface area contributed by atoms with Crippen molar-refractivity contribution in [3.8, 4) is 0 Å². The number of methoxy groups -OCH3 is 1. The number of sulfonamides is 1. The highest BCUT2D eigenvalue weighted by Gasteiger charge is 2.17. The Morgan fingerprint density at radius 1 is 1.27 bits per heavy atom. The second-order valence-corrected chi connectivity index (χ2v) is 6.56. The van der Waals surface area contributed by atoms with Crippen molar-refractivity contribution in [1.82, 2.24) is 4.31 Å². The van der Waals surface area contributed by atoms with Crippen molar-refractivity contribution in [3.05, 3.63) is 29.8 Å². The molecule has 0 aliphatic carbocycles. The number of hydrogen-bond acceptors (Lipinski definition) is 4. The highest BCUT2D eigenvalue weighted by atomic mass is 32.2. The van der Waals surface area contributed by atoms with Gasteiger partial charge in [0.2, 0.25) is 15.9 Å². The molecule has 22 heavy (non-hydrogen) atoms. The van der Waals surface area contributed by atoms with E-state index in [1.165, 1.54) is 13.2 Å². The molecule has 0 bridgehead atoms. The molecule has 1 rings (SSSR count). The van der Waals surface area contributed by atoms with Crippen molar-refractivity contribution in [1.29, 1.82) is 0 Å². The van der Waals surface area contributed by atoms with Crippen LogP contribution in [0, 0.1) is 11.6 Å². The summed E-state index contributed by atoms with van der Waals surface area (Å²) in [5, 5.41) is 2.37. The number of anilines is 1. The Balaban J connectivity index is 2.58. The van der Waals surface area contributed by atoms with Crippen LogP contribution < -0.4 is 5.32 Å². The third kappa shape index (κ3) is 6.04. The predicted octanol–water partition coefficient (Wildman–Crippen LogP) is 1.20. The Morgan fingerprint density at radius 2 is 1.95 bits per heavy atom. The zero-order chi connectivity index (χ0) is 16.8. The average molecular weight is 336 g/mol. The summed E-state index contributed by atoms with van der Waals surface area (Å²) >= 11 is 0. The first-order chi connectivity index (χ1) is 10.2. The first-order valence-corrected chi connectivity index (χ1v) is 8.28. The van der Waals surface area contributed by atoms with E-state index < -0.39 is 27.6 Å². The van der Waals surface area contributed by atoms with E-state index in [0.29, 0.717) is 0 Å². The quantitative estimate of drug-likeness (QED) is 0.774. The maximum absolute atomic E-state index is 13.0. The minimum Gasteiger partial charge on any atom is -0.383 e. The Morgan fingerprint density at radius 3 is 2.50 bits per heavy atom. The lowest BCUT2D eigenvalue weighted by Crippen LogP contribution is -2.35. The Bertz CT molecular complexity index is 622. The standard InChI is InChI=1S/C13H18F2N2O4S/c1-21-8-7-17(22(2,19)20)6-5-13(18)16-10-3-4-11(14)12(15)9-10/h3-4,9H,5-8H2,1-2H3,(H,16,18). The second-order valence-electron chi connectivity index (χ2n) is 4.58. The number of amides is 1. The Hall–Kier alpha value is -1.58. The van der Waals surface area contributed by atoms with E-state index in [2.05, 4.69) is 5.32 Å². The number of carbonyl (C=O) groups is 1. The maximum Gasteiger partial charge on any atom is 0.225 e. The summed E-state index contributed by atoms with van der Waals surface area (Å²) in [4.78, 5) is 11.7. The van der Waals surface area contributed by atoms with E-state index in [0.717, 1.165) is 22.7 Å². The van der Waals surface area contributed by atoms with Gasteiger partial charge < -0.3 is 10.1 Å². The molecule has 0 unspecified atom stereocenters. The molecule has 1 aromatic carbocycles. The molecule has 0 aliphatic rings. The lowest BCUT2D eigenvalue weighted by Gasteiger charge is -2.19. The number of rotatable bonds is 8. The predicted molar refractivity (Wildman–Crippen MR) is 77.9 cm³/mol. The third-order valence-corrected chi connectivity index (χ3v) is 4.11. The summed E-state index contributed by atoms with van der Waals surface area (Å²) in [6.07, 6.45) is 0.922. The molecule has 0 atom stereocenters. The summed E-state index contributed by atoms with van der Waals surface area (Å²) in [7, 11) is -2.01. The zero-order valence-corrected chi connectivity index (χ0v) is 13.1. The van der Waals surface area contributed by atoms with Crippen LogP contribution in [0.2, 0.25) is 0 Å². The summed E-state index contributed by atoms with van der Waals surface area (Å²) in [6.45, 7) is 0.309. The van der Waals surface area contributed by atoms with Crippen molar-refractivity contribution in [2.75, 3.05) is 38.4 Å². The molecule has 0 spiro atoms. The lowest BCUT2D eigenvalue weighted by molar-refractivity contribution is -0.116. The second kappa shape index (κ2) is 8.16. The molecule has 0 saturated heterocycles. The molecule has 1 aromatic rings. The van der Waals surface area contributed by atoms with Gasteiger partial charge in [0.1, 0.15) is 0 Å². The molecule has 0 fully saturated rings. The van der Waals surface area contributed by atoms with E-state index in [9.17, 15) is 22.0 Å². The molecule has 0 aliphatic heterocycles. The van der Waals surface area contributed by atoms with Gasteiger partial charge in [-0.25, -0.2) is 17.2 Å². The van der Waals surface area contributed by atoms with Crippen LogP contribution in [-0.4, -0.2) is 51.7 Å². The number of ether oxygens (including phenoxy) is 1. The highest BCUT2D eigenvalue weighted by molar-refractivity contribution is 7.88. The highest BCUT2D eigenvalue weighted by Crippen LogP contribution is 2.13. The molecule has 1 amide bonds. The van der Waals surface area contributed by atoms with Gasteiger partial charge in [-0.1, -0.05) is 0 Å². The summed E-state index contributed by atoms with van der Waals surface area (Å²) < 4.78 is 54.8. The van der Waals surface area contributed by atoms with Crippen LogP contribution >= 0.6 is 0 Å². The van der Waals surface area contributed by atoms with Crippen LogP contribution in [0.3, 0.4) is 0 Å². The number of halogens is 2. The number of benzene rings is 1. The fraction of sp³-hybridized carbons (Fsp3) is 0.462. The van der Waals surface area contributed by atoms with Crippen LogP contribution in [0.15, 0.2) is 18.2 Å². The van der Waals surface area contributed by atoms with Crippen molar-refractivity contribution in [2.24, 2.45) is 0 Å². The van der Waals surface area contributed by atoms with Gasteiger partial charge >= 0.3 is 0 Å². The summed E-state index contributed by atoms with van der Waals surface area (Å²) in [6, 6.07) is 2.97. The molecule has 9 heteroatoms. The fourth-order valence-corrected chi connectivity index (χ4v) is 2.49. The van der Waals surface area contributed by atoms with Gasteiger partial charge in [0.25, 0.3) is 0 Å². The number of carbonyl (C=O) groups excluding carboxylic acids is 1. The minimum atomic E-state index is -3.45. The van der Waals surface area contributed by atoms with Gasteiger partial charge in [0, 0.05) is 38.4 Å². The number of nitrogens with one attached hydrogen (secondary N) is 1. The van der Waals surface area contributed by atoms with Crippen LogP contribution in [0.25, 0.3) is 0 Å². The molecule has 6 nitrogen and oxygen atoms in total. The molecular formula is C13H18F2N2O4S. The lowest BCUT2D eigenvalue weighted by atomic mass is 10.3. The topological polar surface area (TPSA) is 75.7 Å². The SMILES string of the molecule is COCCN(CCC(=O)Nc1ccc(F)c(F)c1)S(C)(=O)=O. The van der Waals surface area contributed by atoms with Gasteiger partial charge in [0.05, 0.1) is 12.9 Å². The largest absolute Gasteiger partial charge is 0.383 e. The van der Waals surface area contributed by atoms with Crippen LogP contribution in [0.1, 0.15) is 6.42 Å². The van der Waals surface area contributed by atoms with Crippen molar-refractivity contribution in [2.45, 2.75) is 6.42 Å². The maximum atomic E-state index is 13.0. The number of nitrogens with zero attached hydrogens (tertiary/aromatic N) is 1. The van der Waals surface area contributed by atoms with Crippen molar-refractivity contribution < 1.29 is 26.7 Å². The van der Waals surface area contributed by atoms with Crippen molar-refractivity contribution in [3.63, 3.8) is 0 Å². The van der Waals surface area contributed by atoms with E-state index in [1.807, 2.05) is 0 Å². The van der Waals surface area contributed by atoms with Gasteiger partial charge in [-0.05, 0) is 12.1 Å². The molecular weight excluding hydrogens is 318 g/mol. The normalized spacial score (nSPS) is 11.7. The monoisotopic (exact) mass is 336 g/mol. The minimum absolute atomic E-state index is 0.0301. The van der Waals surface area contributed by atoms with Gasteiger partial charge in [-0.2, -0.15) is 4.31 Å².